The number of nitrogens with zero attached hydrogens (tertiary/aromatic N) is 1. The highest BCUT2D eigenvalue weighted by atomic mass is 32.1. The lowest BCUT2D eigenvalue weighted by molar-refractivity contribution is -0.124. The van der Waals surface area contributed by atoms with Gasteiger partial charge in [-0.05, 0) is 44.6 Å². The average Bonchev–Trinajstić information content (AvgIpc) is 3.07. The zero-order chi connectivity index (χ0) is 13.9. The van der Waals surface area contributed by atoms with Crippen molar-refractivity contribution in [3.05, 3.63) is 22.4 Å². The van der Waals surface area contributed by atoms with Crippen molar-refractivity contribution >= 4 is 17.2 Å². The van der Waals surface area contributed by atoms with Crippen molar-refractivity contribution in [2.24, 2.45) is 0 Å². The van der Waals surface area contributed by atoms with E-state index in [1.807, 2.05) is 0 Å². The Hall–Kier alpha value is -0.870. The predicted octanol–water partition coefficient (Wildman–Crippen LogP) is 3.02. The van der Waals surface area contributed by atoms with Gasteiger partial charge in [-0.25, -0.2) is 0 Å². The first kappa shape index (κ1) is 14.5. The topological polar surface area (TPSA) is 32.3 Å². The Morgan fingerprint density at radius 1 is 1.53 bits per heavy atom. The minimum Gasteiger partial charge on any atom is -0.350 e. The molecule has 1 aliphatic carbocycles. The molecule has 1 aromatic heterocycles. The van der Waals surface area contributed by atoms with Gasteiger partial charge in [-0.2, -0.15) is 0 Å². The van der Waals surface area contributed by atoms with E-state index < -0.39 is 0 Å². The van der Waals surface area contributed by atoms with Gasteiger partial charge < -0.3 is 5.32 Å². The van der Waals surface area contributed by atoms with E-state index in [0.29, 0.717) is 12.6 Å². The van der Waals surface area contributed by atoms with Crippen molar-refractivity contribution in [1.29, 1.82) is 0 Å². The molecule has 4 heteroatoms. The largest absolute Gasteiger partial charge is 0.350 e. The molecule has 0 spiro atoms. The molecule has 1 fully saturated rings. The summed E-state index contributed by atoms with van der Waals surface area (Å²) in [6.45, 7) is 7.68. The molecule has 0 aromatic carbocycles. The third-order valence-corrected chi connectivity index (χ3v) is 4.57. The molecule has 1 aromatic rings. The lowest BCUT2D eigenvalue weighted by Crippen LogP contribution is -2.47. The van der Waals surface area contributed by atoms with Gasteiger partial charge in [0.2, 0.25) is 5.91 Å². The summed E-state index contributed by atoms with van der Waals surface area (Å²) in [6, 6.07) is 4.83. The number of hydrogen-bond donors (Lipinski definition) is 1. The monoisotopic (exact) mass is 280 g/mol. The first-order chi connectivity index (χ1) is 9.00. The van der Waals surface area contributed by atoms with Gasteiger partial charge in [0.15, 0.2) is 0 Å². The molecular formula is C15H24N2OS. The van der Waals surface area contributed by atoms with E-state index >= 15 is 0 Å². The van der Waals surface area contributed by atoms with Gasteiger partial charge in [0, 0.05) is 23.0 Å². The smallest absolute Gasteiger partial charge is 0.234 e. The number of nitrogens with one attached hydrogen (secondary N) is 1. The molecule has 3 nitrogen and oxygen atoms in total. The first-order valence-corrected chi connectivity index (χ1v) is 7.95. The highest BCUT2D eigenvalue weighted by Gasteiger charge is 2.31. The van der Waals surface area contributed by atoms with Crippen molar-refractivity contribution in [2.75, 3.05) is 6.54 Å². The number of carbonyl (C=O) groups excluding carboxylic acids is 1. The van der Waals surface area contributed by atoms with Crippen LogP contribution in [0.1, 0.15) is 44.9 Å². The highest BCUT2D eigenvalue weighted by molar-refractivity contribution is 7.09. The van der Waals surface area contributed by atoms with Crippen LogP contribution in [0.2, 0.25) is 0 Å². The molecule has 1 heterocycles. The molecular weight excluding hydrogens is 256 g/mol. The predicted molar refractivity (Wildman–Crippen MR) is 80.3 cm³/mol. The fraction of sp³-hybridized carbons (Fsp3) is 0.667. The molecule has 19 heavy (non-hydrogen) atoms. The highest BCUT2D eigenvalue weighted by Crippen LogP contribution is 2.28. The molecule has 2 rings (SSSR count). The fourth-order valence-electron chi connectivity index (χ4n) is 2.05. The number of thiophene rings is 1. The van der Waals surface area contributed by atoms with Crippen molar-refractivity contribution in [3.63, 3.8) is 0 Å². The summed E-state index contributed by atoms with van der Waals surface area (Å²) in [5, 5.41) is 5.22. The molecule has 0 atom stereocenters. The van der Waals surface area contributed by atoms with Gasteiger partial charge in [-0.1, -0.05) is 13.0 Å². The van der Waals surface area contributed by atoms with Crippen LogP contribution >= 0.6 is 11.3 Å². The van der Waals surface area contributed by atoms with E-state index in [4.69, 9.17) is 0 Å². The van der Waals surface area contributed by atoms with E-state index in [9.17, 15) is 4.79 Å². The van der Waals surface area contributed by atoms with Crippen LogP contribution < -0.4 is 5.32 Å². The van der Waals surface area contributed by atoms with Crippen LogP contribution in [0.4, 0.5) is 0 Å². The molecule has 106 valence electrons. The van der Waals surface area contributed by atoms with Gasteiger partial charge in [0.05, 0.1) is 6.54 Å². The molecule has 1 N–H and O–H groups in total. The Labute approximate surface area is 120 Å². The third-order valence-electron chi connectivity index (χ3n) is 3.71. The SMILES string of the molecule is CCC(C)(C)NC(=O)CN(Cc1cccs1)C1CC1. The van der Waals surface area contributed by atoms with Crippen molar-refractivity contribution in [2.45, 2.75) is 58.2 Å². The van der Waals surface area contributed by atoms with Crippen LogP contribution in [0.25, 0.3) is 0 Å². The summed E-state index contributed by atoms with van der Waals surface area (Å²) < 4.78 is 0. The molecule has 1 aliphatic rings. The second-order valence-corrected chi connectivity index (χ2v) is 7.03. The Kier molecular flexibility index (Phi) is 4.63. The van der Waals surface area contributed by atoms with Crippen molar-refractivity contribution in [3.8, 4) is 0 Å². The maximum Gasteiger partial charge on any atom is 0.234 e. The summed E-state index contributed by atoms with van der Waals surface area (Å²) in [5.41, 5.74) is -0.102. The van der Waals surface area contributed by atoms with Crippen molar-refractivity contribution < 1.29 is 4.79 Å². The Morgan fingerprint density at radius 3 is 2.79 bits per heavy atom. The summed E-state index contributed by atoms with van der Waals surface area (Å²) in [7, 11) is 0. The second-order valence-electron chi connectivity index (χ2n) is 6.00. The van der Waals surface area contributed by atoms with E-state index in [-0.39, 0.29) is 11.4 Å². The second kappa shape index (κ2) is 6.06. The lowest BCUT2D eigenvalue weighted by Gasteiger charge is -2.27. The zero-order valence-corrected chi connectivity index (χ0v) is 12.9. The molecule has 0 unspecified atom stereocenters. The van der Waals surface area contributed by atoms with Gasteiger partial charge in [0.25, 0.3) is 0 Å². The number of rotatable bonds is 7. The maximum atomic E-state index is 12.1. The summed E-state index contributed by atoms with van der Waals surface area (Å²) in [4.78, 5) is 15.8. The third kappa shape index (κ3) is 4.62. The molecule has 0 radical (unpaired) electrons. The fourth-order valence-corrected chi connectivity index (χ4v) is 2.78. The number of hydrogen-bond acceptors (Lipinski definition) is 3. The van der Waals surface area contributed by atoms with Crippen molar-refractivity contribution in [1.82, 2.24) is 10.2 Å². The maximum absolute atomic E-state index is 12.1. The Morgan fingerprint density at radius 2 is 2.26 bits per heavy atom. The standard InChI is InChI=1S/C15H24N2OS/c1-4-15(2,3)16-14(18)11-17(12-7-8-12)10-13-6-5-9-19-13/h5-6,9,12H,4,7-8,10-11H2,1-3H3,(H,16,18). The van der Waals surface area contributed by atoms with Gasteiger partial charge >= 0.3 is 0 Å². The molecule has 0 aliphatic heterocycles. The van der Waals surface area contributed by atoms with Crippen LogP contribution in [0.3, 0.4) is 0 Å². The Bertz CT molecular complexity index is 410. The van der Waals surface area contributed by atoms with E-state index in [0.717, 1.165) is 13.0 Å². The van der Waals surface area contributed by atoms with Crippen LogP contribution in [0, 0.1) is 0 Å². The molecule has 1 saturated carbocycles. The quantitative estimate of drug-likeness (QED) is 0.832. The zero-order valence-electron chi connectivity index (χ0n) is 12.1. The van der Waals surface area contributed by atoms with Crippen LogP contribution in [-0.2, 0) is 11.3 Å². The van der Waals surface area contributed by atoms with Crippen LogP contribution in [0.5, 0.6) is 0 Å². The Balaban J connectivity index is 1.88. The normalized spacial score (nSPS) is 15.8. The van der Waals surface area contributed by atoms with Gasteiger partial charge in [0.1, 0.15) is 0 Å². The van der Waals surface area contributed by atoms with Gasteiger partial charge in [-0.3, -0.25) is 9.69 Å². The van der Waals surface area contributed by atoms with E-state index in [1.54, 1.807) is 11.3 Å². The summed E-state index contributed by atoms with van der Waals surface area (Å²) >= 11 is 1.77. The number of amides is 1. The lowest BCUT2D eigenvalue weighted by atomic mass is 10.0. The van der Waals surface area contributed by atoms with Crippen LogP contribution in [-0.4, -0.2) is 28.9 Å². The van der Waals surface area contributed by atoms with E-state index in [2.05, 4.69) is 48.5 Å². The molecule has 0 saturated heterocycles. The molecule has 1 amide bonds. The van der Waals surface area contributed by atoms with Gasteiger partial charge in [-0.15, -0.1) is 11.3 Å². The number of carbonyl (C=O) groups is 1. The average molecular weight is 280 g/mol. The van der Waals surface area contributed by atoms with E-state index in [1.165, 1.54) is 17.7 Å². The van der Waals surface area contributed by atoms with Crippen LogP contribution in [0.15, 0.2) is 17.5 Å². The summed E-state index contributed by atoms with van der Waals surface area (Å²) in [6.07, 6.45) is 3.42. The molecule has 0 bridgehead atoms. The first-order valence-electron chi connectivity index (χ1n) is 7.07. The minimum absolute atomic E-state index is 0.102. The minimum atomic E-state index is -0.102. The summed E-state index contributed by atoms with van der Waals surface area (Å²) in [5.74, 6) is 0.148.